The first-order chi connectivity index (χ1) is 6.25. The number of ketones is 1. The number of allylic oxidation sites excluding steroid dienone is 2. The SMILES string of the molecule is C=CCC1(CC=C)CCCCC1=O. The maximum atomic E-state index is 11.8. The maximum Gasteiger partial charge on any atom is 0.139 e. The van der Waals surface area contributed by atoms with Crippen LogP contribution in [0, 0.1) is 5.41 Å². The quantitative estimate of drug-likeness (QED) is 0.604. The predicted molar refractivity (Wildman–Crippen MR) is 55.5 cm³/mol. The molecule has 1 aliphatic rings. The van der Waals surface area contributed by atoms with Crippen molar-refractivity contribution >= 4 is 5.78 Å². The third kappa shape index (κ3) is 2.09. The second-order valence-corrected chi connectivity index (χ2v) is 3.90. The molecule has 72 valence electrons. The van der Waals surface area contributed by atoms with Gasteiger partial charge in [0, 0.05) is 11.8 Å². The van der Waals surface area contributed by atoms with Crippen LogP contribution in [0.4, 0.5) is 0 Å². The number of carbonyl (C=O) groups excluding carboxylic acids is 1. The predicted octanol–water partition coefficient (Wildman–Crippen LogP) is 3.27. The van der Waals surface area contributed by atoms with Crippen LogP contribution in [0.2, 0.25) is 0 Å². The standard InChI is InChI=1S/C12H18O/c1-3-8-12(9-4-2)10-6-5-7-11(12)13/h3-4H,1-2,5-10H2. The molecule has 0 atom stereocenters. The Labute approximate surface area is 80.5 Å². The van der Waals surface area contributed by atoms with Crippen LogP contribution in [-0.2, 0) is 4.79 Å². The molecule has 1 rings (SSSR count). The van der Waals surface area contributed by atoms with Crippen molar-refractivity contribution in [2.45, 2.75) is 38.5 Å². The molecule has 13 heavy (non-hydrogen) atoms. The number of rotatable bonds is 4. The minimum absolute atomic E-state index is 0.137. The normalized spacial score (nSPS) is 21.1. The van der Waals surface area contributed by atoms with Crippen molar-refractivity contribution in [3.8, 4) is 0 Å². The van der Waals surface area contributed by atoms with Crippen molar-refractivity contribution in [3.63, 3.8) is 0 Å². The molecule has 0 unspecified atom stereocenters. The monoisotopic (exact) mass is 178 g/mol. The molecule has 0 spiro atoms. The molecule has 1 nitrogen and oxygen atoms in total. The van der Waals surface area contributed by atoms with Crippen LogP contribution >= 0.6 is 0 Å². The van der Waals surface area contributed by atoms with Gasteiger partial charge in [0.25, 0.3) is 0 Å². The molecule has 0 saturated heterocycles. The lowest BCUT2D eigenvalue weighted by atomic mass is 9.69. The highest BCUT2D eigenvalue weighted by Gasteiger charge is 2.37. The fourth-order valence-corrected chi connectivity index (χ4v) is 2.22. The summed E-state index contributed by atoms with van der Waals surface area (Å²) >= 11 is 0. The molecule has 0 aromatic heterocycles. The number of carbonyl (C=O) groups is 1. The summed E-state index contributed by atoms with van der Waals surface area (Å²) < 4.78 is 0. The van der Waals surface area contributed by atoms with Gasteiger partial charge < -0.3 is 0 Å². The number of hydrogen-bond acceptors (Lipinski definition) is 1. The molecule has 0 aromatic carbocycles. The number of hydrogen-bond donors (Lipinski definition) is 0. The van der Waals surface area contributed by atoms with Gasteiger partial charge in [-0.15, -0.1) is 13.2 Å². The molecule has 0 aliphatic heterocycles. The molecule has 0 heterocycles. The van der Waals surface area contributed by atoms with E-state index in [0.717, 1.165) is 32.1 Å². The third-order valence-corrected chi connectivity index (χ3v) is 2.97. The largest absolute Gasteiger partial charge is 0.299 e. The molecule has 1 saturated carbocycles. The van der Waals surface area contributed by atoms with E-state index < -0.39 is 0 Å². The smallest absolute Gasteiger partial charge is 0.139 e. The van der Waals surface area contributed by atoms with Gasteiger partial charge in [0.2, 0.25) is 0 Å². The average molecular weight is 178 g/mol. The van der Waals surface area contributed by atoms with E-state index in [-0.39, 0.29) is 5.41 Å². The Morgan fingerprint density at radius 1 is 1.23 bits per heavy atom. The molecular formula is C12H18O. The highest BCUT2D eigenvalue weighted by molar-refractivity contribution is 5.85. The van der Waals surface area contributed by atoms with E-state index >= 15 is 0 Å². The van der Waals surface area contributed by atoms with Gasteiger partial charge in [-0.3, -0.25) is 4.79 Å². The van der Waals surface area contributed by atoms with Crippen LogP contribution < -0.4 is 0 Å². The Balaban J connectivity index is 2.78. The zero-order valence-corrected chi connectivity index (χ0v) is 8.22. The maximum absolute atomic E-state index is 11.8. The molecule has 1 fully saturated rings. The summed E-state index contributed by atoms with van der Waals surface area (Å²) in [4.78, 5) is 11.8. The minimum Gasteiger partial charge on any atom is -0.299 e. The minimum atomic E-state index is -0.137. The first kappa shape index (κ1) is 10.2. The van der Waals surface area contributed by atoms with E-state index in [1.165, 1.54) is 6.42 Å². The first-order valence-corrected chi connectivity index (χ1v) is 5.00. The summed E-state index contributed by atoms with van der Waals surface area (Å²) in [5.74, 6) is 0.415. The second-order valence-electron chi connectivity index (χ2n) is 3.90. The average Bonchev–Trinajstić information content (AvgIpc) is 2.11. The van der Waals surface area contributed by atoms with Crippen LogP contribution in [0.3, 0.4) is 0 Å². The fourth-order valence-electron chi connectivity index (χ4n) is 2.22. The van der Waals surface area contributed by atoms with E-state index in [4.69, 9.17) is 0 Å². The fraction of sp³-hybridized carbons (Fsp3) is 0.583. The van der Waals surface area contributed by atoms with E-state index in [2.05, 4.69) is 13.2 Å². The van der Waals surface area contributed by atoms with Gasteiger partial charge in [-0.2, -0.15) is 0 Å². The summed E-state index contributed by atoms with van der Waals surface area (Å²) in [5, 5.41) is 0. The van der Waals surface area contributed by atoms with Crippen molar-refractivity contribution in [2.24, 2.45) is 5.41 Å². The van der Waals surface area contributed by atoms with Crippen LogP contribution in [-0.4, -0.2) is 5.78 Å². The molecule has 0 N–H and O–H groups in total. The van der Waals surface area contributed by atoms with Crippen LogP contribution in [0.1, 0.15) is 38.5 Å². The van der Waals surface area contributed by atoms with Gasteiger partial charge in [-0.25, -0.2) is 0 Å². The van der Waals surface area contributed by atoms with Gasteiger partial charge in [0.05, 0.1) is 0 Å². The lowest BCUT2D eigenvalue weighted by molar-refractivity contribution is -0.131. The van der Waals surface area contributed by atoms with Crippen molar-refractivity contribution in [1.82, 2.24) is 0 Å². The summed E-state index contributed by atoms with van der Waals surface area (Å²) in [6, 6.07) is 0. The second kappa shape index (κ2) is 4.40. The topological polar surface area (TPSA) is 17.1 Å². The van der Waals surface area contributed by atoms with E-state index in [9.17, 15) is 4.79 Å². The summed E-state index contributed by atoms with van der Waals surface area (Å²) in [6.07, 6.45) is 9.38. The Morgan fingerprint density at radius 3 is 2.31 bits per heavy atom. The van der Waals surface area contributed by atoms with Gasteiger partial charge in [-0.1, -0.05) is 18.6 Å². The summed E-state index contributed by atoms with van der Waals surface area (Å²) in [6.45, 7) is 7.46. The van der Waals surface area contributed by atoms with Crippen LogP contribution in [0.25, 0.3) is 0 Å². The molecular weight excluding hydrogens is 160 g/mol. The highest BCUT2D eigenvalue weighted by Crippen LogP contribution is 2.39. The Kier molecular flexibility index (Phi) is 3.47. The molecule has 0 aromatic rings. The molecule has 1 aliphatic carbocycles. The van der Waals surface area contributed by atoms with Crippen LogP contribution in [0.5, 0.6) is 0 Å². The summed E-state index contributed by atoms with van der Waals surface area (Å²) in [5.41, 5.74) is -0.137. The van der Waals surface area contributed by atoms with E-state index in [0.29, 0.717) is 5.78 Å². The lowest BCUT2D eigenvalue weighted by Gasteiger charge is -2.34. The first-order valence-electron chi connectivity index (χ1n) is 5.00. The Bertz CT molecular complexity index is 205. The lowest BCUT2D eigenvalue weighted by Crippen LogP contribution is -2.33. The Hall–Kier alpha value is -0.850. The molecule has 0 radical (unpaired) electrons. The number of Topliss-reactive ketones (excluding diaryl/α,β-unsaturated/α-hetero) is 1. The zero-order chi connectivity index (χ0) is 9.73. The van der Waals surface area contributed by atoms with Gasteiger partial charge in [0.15, 0.2) is 0 Å². The third-order valence-electron chi connectivity index (χ3n) is 2.97. The van der Waals surface area contributed by atoms with Crippen LogP contribution in [0.15, 0.2) is 25.3 Å². The van der Waals surface area contributed by atoms with Crippen molar-refractivity contribution in [1.29, 1.82) is 0 Å². The molecule has 0 amide bonds. The van der Waals surface area contributed by atoms with E-state index in [1.54, 1.807) is 0 Å². The van der Waals surface area contributed by atoms with Crippen molar-refractivity contribution < 1.29 is 4.79 Å². The highest BCUT2D eigenvalue weighted by atomic mass is 16.1. The molecule has 0 bridgehead atoms. The van der Waals surface area contributed by atoms with Crippen molar-refractivity contribution in [2.75, 3.05) is 0 Å². The summed E-state index contributed by atoms with van der Waals surface area (Å²) in [7, 11) is 0. The Morgan fingerprint density at radius 2 is 1.85 bits per heavy atom. The molecule has 1 heteroatoms. The van der Waals surface area contributed by atoms with Gasteiger partial charge >= 0.3 is 0 Å². The zero-order valence-electron chi connectivity index (χ0n) is 8.22. The van der Waals surface area contributed by atoms with E-state index in [1.807, 2.05) is 12.2 Å². The van der Waals surface area contributed by atoms with Crippen molar-refractivity contribution in [3.05, 3.63) is 25.3 Å². The van der Waals surface area contributed by atoms with Gasteiger partial charge in [0.1, 0.15) is 5.78 Å². The van der Waals surface area contributed by atoms with Gasteiger partial charge in [-0.05, 0) is 25.7 Å².